The third-order valence-corrected chi connectivity index (χ3v) is 5.40. The van der Waals surface area contributed by atoms with E-state index < -0.39 is 9.84 Å². The second-order valence-corrected chi connectivity index (χ2v) is 7.30. The maximum atomic E-state index is 13.6. The van der Waals surface area contributed by atoms with Gasteiger partial charge in [-0.25, -0.2) is 12.8 Å². The summed E-state index contributed by atoms with van der Waals surface area (Å²) >= 11 is 0. The van der Waals surface area contributed by atoms with Crippen molar-refractivity contribution in [1.82, 2.24) is 4.90 Å². The lowest BCUT2D eigenvalue weighted by molar-refractivity contribution is 0.241. The Morgan fingerprint density at radius 3 is 2.75 bits per heavy atom. The first kappa shape index (κ1) is 15.0. The smallest absolute Gasteiger partial charge is 0.151 e. The predicted octanol–water partition coefficient (Wildman–Crippen LogP) is 1.49. The first-order valence-corrected chi connectivity index (χ1v) is 8.45. The van der Waals surface area contributed by atoms with E-state index in [0.717, 1.165) is 0 Å². The Labute approximate surface area is 119 Å². The van der Waals surface area contributed by atoms with E-state index in [4.69, 9.17) is 6.42 Å². The quantitative estimate of drug-likeness (QED) is 0.772. The van der Waals surface area contributed by atoms with Crippen molar-refractivity contribution in [2.45, 2.75) is 18.9 Å². The second-order valence-electron chi connectivity index (χ2n) is 5.07. The number of rotatable bonds is 5. The van der Waals surface area contributed by atoms with E-state index >= 15 is 0 Å². The third-order valence-electron chi connectivity index (χ3n) is 3.65. The van der Waals surface area contributed by atoms with Gasteiger partial charge in [0.25, 0.3) is 0 Å². The minimum absolute atomic E-state index is 0.0391. The van der Waals surface area contributed by atoms with Crippen LogP contribution in [0.1, 0.15) is 12.0 Å². The van der Waals surface area contributed by atoms with Crippen LogP contribution in [0.2, 0.25) is 0 Å². The van der Waals surface area contributed by atoms with Crippen molar-refractivity contribution >= 4 is 9.84 Å². The molecule has 0 spiro atoms. The number of halogens is 1. The van der Waals surface area contributed by atoms with Crippen LogP contribution in [0.5, 0.6) is 0 Å². The fraction of sp³-hybridized carbons (Fsp3) is 0.467. The van der Waals surface area contributed by atoms with Gasteiger partial charge in [-0.05, 0) is 24.5 Å². The highest BCUT2D eigenvalue weighted by Gasteiger charge is 2.31. The molecule has 108 valence electrons. The summed E-state index contributed by atoms with van der Waals surface area (Å²) < 4.78 is 36.7. The molecular weight excluding hydrogens is 277 g/mol. The lowest BCUT2D eigenvalue weighted by Crippen LogP contribution is -2.38. The lowest BCUT2D eigenvalue weighted by Gasteiger charge is -2.25. The van der Waals surface area contributed by atoms with E-state index in [1.54, 1.807) is 18.2 Å². The molecule has 1 unspecified atom stereocenters. The number of sulfone groups is 1. The van der Waals surface area contributed by atoms with Gasteiger partial charge in [-0.1, -0.05) is 24.1 Å². The van der Waals surface area contributed by atoms with Crippen molar-refractivity contribution in [2.75, 3.05) is 24.6 Å². The summed E-state index contributed by atoms with van der Waals surface area (Å²) in [5.41, 5.74) is 0.635. The van der Waals surface area contributed by atoms with Crippen molar-refractivity contribution in [1.29, 1.82) is 0 Å². The monoisotopic (exact) mass is 295 g/mol. The number of benzene rings is 1. The van der Waals surface area contributed by atoms with Gasteiger partial charge in [0, 0.05) is 12.6 Å². The Hall–Kier alpha value is -1.38. The maximum Gasteiger partial charge on any atom is 0.151 e. The van der Waals surface area contributed by atoms with Crippen LogP contribution in [0.25, 0.3) is 0 Å². The minimum atomic E-state index is -2.93. The maximum absolute atomic E-state index is 13.6. The van der Waals surface area contributed by atoms with Crippen LogP contribution in [-0.4, -0.2) is 44.0 Å². The molecular formula is C15H18FNO2S. The first-order chi connectivity index (χ1) is 9.52. The molecule has 1 aromatic carbocycles. The summed E-state index contributed by atoms with van der Waals surface area (Å²) in [5.74, 6) is 2.71. The summed E-state index contributed by atoms with van der Waals surface area (Å²) in [7, 11) is -2.93. The summed E-state index contributed by atoms with van der Waals surface area (Å²) in [5, 5.41) is 0. The van der Waals surface area contributed by atoms with E-state index in [-0.39, 0.29) is 23.4 Å². The van der Waals surface area contributed by atoms with Crippen LogP contribution in [0.3, 0.4) is 0 Å². The minimum Gasteiger partial charge on any atom is -0.288 e. The van der Waals surface area contributed by atoms with Crippen LogP contribution >= 0.6 is 0 Å². The zero-order valence-electron chi connectivity index (χ0n) is 11.3. The van der Waals surface area contributed by atoms with Gasteiger partial charge < -0.3 is 0 Å². The van der Waals surface area contributed by atoms with Gasteiger partial charge in [0.05, 0.1) is 18.1 Å². The molecule has 0 N–H and O–H groups in total. The van der Waals surface area contributed by atoms with Gasteiger partial charge in [-0.3, -0.25) is 4.90 Å². The molecule has 0 aliphatic carbocycles. The van der Waals surface area contributed by atoms with Crippen LogP contribution < -0.4 is 0 Å². The second kappa shape index (κ2) is 6.38. The molecule has 1 saturated heterocycles. The molecule has 0 aromatic heterocycles. The van der Waals surface area contributed by atoms with Crippen LogP contribution in [-0.2, 0) is 16.3 Å². The Morgan fingerprint density at radius 2 is 2.15 bits per heavy atom. The van der Waals surface area contributed by atoms with Crippen LogP contribution in [0, 0.1) is 18.2 Å². The van der Waals surface area contributed by atoms with Crippen molar-refractivity contribution in [2.24, 2.45) is 0 Å². The number of nitrogens with zero attached hydrogens (tertiary/aromatic N) is 1. The molecule has 2 rings (SSSR count). The summed E-state index contributed by atoms with van der Waals surface area (Å²) in [6.45, 7) is 0.972. The molecule has 0 radical (unpaired) electrons. The van der Waals surface area contributed by atoms with Gasteiger partial charge in [0.2, 0.25) is 0 Å². The fourth-order valence-electron chi connectivity index (χ4n) is 2.54. The highest BCUT2D eigenvalue weighted by Crippen LogP contribution is 2.18. The number of hydrogen-bond acceptors (Lipinski definition) is 3. The van der Waals surface area contributed by atoms with Crippen molar-refractivity contribution in [3.8, 4) is 12.3 Å². The van der Waals surface area contributed by atoms with E-state index in [9.17, 15) is 12.8 Å². The zero-order chi connectivity index (χ0) is 14.6. The average molecular weight is 295 g/mol. The number of hydrogen-bond donors (Lipinski definition) is 0. The highest BCUT2D eigenvalue weighted by molar-refractivity contribution is 7.91. The molecule has 1 atom stereocenters. The van der Waals surface area contributed by atoms with Gasteiger partial charge >= 0.3 is 0 Å². The van der Waals surface area contributed by atoms with Gasteiger partial charge in [-0.2, -0.15) is 0 Å². The van der Waals surface area contributed by atoms with E-state index in [0.29, 0.717) is 31.5 Å². The largest absolute Gasteiger partial charge is 0.288 e. The molecule has 20 heavy (non-hydrogen) atoms. The van der Waals surface area contributed by atoms with Crippen molar-refractivity contribution in [3.05, 3.63) is 35.6 Å². The highest BCUT2D eigenvalue weighted by atomic mass is 32.2. The SMILES string of the molecule is C#CCN(CCc1ccccc1F)C1CCS(=O)(=O)C1. The average Bonchev–Trinajstić information content (AvgIpc) is 2.76. The van der Waals surface area contributed by atoms with E-state index in [2.05, 4.69) is 5.92 Å². The molecule has 3 nitrogen and oxygen atoms in total. The predicted molar refractivity (Wildman–Crippen MR) is 77.6 cm³/mol. The van der Waals surface area contributed by atoms with Gasteiger partial charge in [0.1, 0.15) is 5.82 Å². The Bertz CT molecular complexity index is 607. The van der Waals surface area contributed by atoms with E-state index in [1.807, 2.05) is 4.90 Å². The summed E-state index contributed by atoms with van der Waals surface area (Å²) in [6.07, 6.45) is 6.49. The Kier molecular flexibility index (Phi) is 4.79. The molecule has 1 aliphatic rings. The molecule has 1 fully saturated rings. The first-order valence-electron chi connectivity index (χ1n) is 6.63. The third kappa shape index (κ3) is 3.81. The zero-order valence-corrected chi connectivity index (χ0v) is 12.1. The summed E-state index contributed by atoms with van der Waals surface area (Å²) in [6, 6.07) is 6.59. The molecule has 0 saturated carbocycles. The van der Waals surface area contributed by atoms with Crippen LogP contribution in [0.15, 0.2) is 24.3 Å². The molecule has 0 amide bonds. The topological polar surface area (TPSA) is 37.4 Å². The Morgan fingerprint density at radius 1 is 1.40 bits per heavy atom. The molecule has 0 bridgehead atoms. The standard InChI is InChI=1S/C15H18FNO2S/c1-2-9-17(14-8-11-20(18,19)12-14)10-7-13-5-3-4-6-15(13)16/h1,3-6,14H,7-12H2. The van der Waals surface area contributed by atoms with Crippen molar-refractivity contribution in [3.63, 3.8) is 0 Å². The normalized spacial score (nSPS) is 20.9. The number of terminal acetylenes is 1. The summed E-state index contributed by atoms with van der Waals surface area (Å²) in [4.78, 5) is 1.97. The fourth-order valence-corrected chi connectivity index (χ4v) is 4.30. The molecule has 1 aromatic rings. The van der Waals surface area contributed by atoms with Crippen molar-refractivity contribution < 1.29 is 12.8 Å². The lowest BCUT2D eigenvalue weighted by atomic mass is 10.1. The Balaban J connectivity index is 2.00. The molecule has 5 heteroatoms. The molecule has 1 aliphatic heterocycles. The van der Waals surface area contributed by atoms with Gasteiger partial charge in [0.15, 0.2) is 9.84 Å². The molecule has 1 heterocycles. The van der Waals surface area contributed by atoms with Gasteiger partial charge in [-0.15, -0.1) is 6.42 Å². The van der Waals surface area contributed by atoms with Crippen LogP contribution in [0.4, 0.5) is 4.39 Å². The van der Waals surface area contributed by atoms with E-state index in [1.165, 1.54) is 6.07 Å².